The zero-order valence-corrected chi connectivity index (χ0v) is 10.0. The van der Waals surface area contributed by atoms with E-state index < -0.39 is 5.09 Å². The molecule has 1 unspecified atom stereocenters. The number of carbonyl (C=O) groups excluding carboxylic acids is 1. The second-order valence-corrected chi connectivity index (χ2v) is 3.84. The Labute approximate surface area is 94.6 Å². The van der Waals surface area contributed by atoms with Crippen molar-refractivity contribution in [1.82, 2.24) is 0 Å². The number of esters is 1. The monoisotopic (exact) mass is 234 g/mol. The lowest BCUT2D eigenvalue weighted by atomic mass is 10.3. The summed E-state index contributed by atoms with van der Waals surface area (Å²) in [5.74, 6) is -0.352. The predicted octanol–water partition coefficient (Wildman–Crippen LogP) is 0.919. The molecule has 0 aliphatic heterocycles. The Bertz CT molecular complexity index is 243. The van der Waals surface area contributed by atoms with Crippen LogP contribution in [0.5, 0.6) is 0 Å². The molecule has 0 radical (unpaired) electrons. The van der Waals surface area contributed by atoms with E-state index in [1.165, 1.54) is 6.08 Å². The van der Waals surface area contributed by atoms with Gasteiger partial charge in [0, 0.05) is 12.5 Å². The Morgan fingerprint density at radius 3 is 2.06 bits per heavy atom. The minimum atomic E-state index is -1.75. The lowest BCUT2D eigenvalue weighted by molar-refractivity contribution is -0.916. The first kappa shape index (κ1) is 16.8. The first-order chi connectivity index (χ1) is 7.15. The van der Waals surface area contributed by atoms with Crippen molar-refractivity contribution in [1.29, 1.82) is 0 Å². The Morgan fingerprint density at radius 2 is 1.88 bits per heavy atom. The molecule has 0 rings (SSSR count). The highest BCUT2D eigenvalue weighted by molar-refractivity contribution is 5.81. The van der Waals surface area contributed by atoms with Crippen LogP contribution in [-0.4, -0.2) is 42.9 Å². The van der Waals surface area contributed by atoms with Crippen molar-refractivity contribution in [2.45, 2.75) is 19.6 Å². The van der Waals surface area contributed by atoms with Gasteiger partial charge in [-0.1, -0.05) is 13.5 Å². The molecule has 94 valence electrons. The number of rotatable bonds is 4. The third-order valence-electron chi connectivity index (χ3n) is 1.63. The topological polar surface area (TPSA) is 92.5 Å². The predicted molar refractivity (Wildman–Crippen MR) is 58.8 cm³/mol. The maximum atomic E-state index is 10.9. The number of carbonyl (C=O) groups is 1. The van der Waals surface area contributed by atoms with Crippen molar-refractivity contribution in [3.63, 3.8) is 0 Å². The van der Waals surface area contributed by atoms with Gasteiger partial charge in [-0.2, -0.15) is 0 Å². The van der Waals surface area contributed by atoms with E-state index in [1.807, 2.05) is 28.1 Å². The van der Waals surface area contributed by atoms with Gasteiger partial charge < -0.3 is 20.1 Å². The summed E-state index contributed by atoms with van der Waals surface area (Å²) >= 11 is 0. The molecule has 7 heteroatoms. The smallest absolute Gasteiger partial charge is 0.334 e. The second-order valence-electron chi connectivity index (χ2n) is 3.84. The van der Waals surface area contributed by atoms with Gasteiger partial charge >= 0.3 is 5.97 Å². The fourth-order valence-electron chi connectivity index (χ4n) is 0.971. The van der Waals surface area contributed by atoms with Gasteiger partial charge in [0.2, 0.25) is 6.23 Å². The Kier molecular flexibility index (Phi) is 8.01. The summed E-state index contributed by atoms with van der Waals surface area (Å²) in [5.41, 5.74) is 0. The summed E-state index contributed by atoms with van der Waals surface area (Å²) in [6, 6.07) is 0. The normalized spacial score (nSPS) is 11.8. The van der Waals surface area contributed by atoms with Gasteiger partial charge in [-0.25, -0.2) is 4.79 Å². The lowest BCUT2D eigenvalue weighted by Gasteiger charge is -2.32. The number of hydrogen-bond acceptors (Lipinski definition) is 5. The molecule has 0 heterocycles. The van der Waals surface area contributed by atoms with Crippen molar-refractivity contribution in [3.05, 3.63) is 28.0 Å². The maximum Gasteiger partial charge on any atom is 0.334 e. The van der Waals surface area contributed by atoms with Crippen LogP contribution in [0.3, 0.4) is 0 Å². The molecule has 0 aromatic carbocycles. The molecule has 0 amide bonds. The van der Waals surface area contributed by atoms with Gasteiger partial charge in [0.15, 0.2) is 0 Å². The van der Waals surface area contributed by atoms with Gasteiger partial charge in [-0.05, 0) is 0 Å². The molecule has 16 heavy (non-hydrogen) atoms. The van der Waals surface area contributed by atoms with Gasteiger partial charge in [-0.3, -0.25) is 4.48 Å². The van der Waals surface area contributed by atoms with E-state index >= 15 is 0 Å². The molecule has 1 atom stereocenters. The summed E-state index contributed by atoms with van der Waals surface area (Å²) < 4.78 is 5.75. The third-order valence-corrected chi connectivity index (χ3v) is 1.63. The van der Waals surface area contributed by atoms with Crippen LogP contribution < -0.4 is 0 Å². The van der Waals surface area contributed by atoms with Gasteiger partial charge in [0.25, 0.3) is 0 Å². The molecule has 0 aromatic rings. The zero-order valence-electron chi connectivity index (χ0n) is 10.0. The summed E-state index contributed by atoms with van der Waals surface area (Å²) in [4.78, 5) is 19.1. The zero-order chi connectivity index (χ0) is 13.4. The molecule has 7 nitrogen and oxygen atoms in total. The lowest BCUT2D eigenvalue weighted by Crippen LogP contribution is -2.47. The van der Waals surface area contributed by atoms with Crippen LogP contribution in [-0.2, 0) is 9.53 Å². The van der Waals surface area contributed by atoms with Crippen LogP contribution in [0.15, 0.2) is 12.7 Å². The van der Waals surface area contributed by atoms with E-state index in [4.69, 9.17) is 20.1 Å². The molecule has 0 N–H and O–H groups in total. The highest BCUT2D eigenvalue weighted by Crippen LogP contribution is 2.08. The quantitative estimate of drug-likeness (QED) is 0.180. The van der Waals surface area contributed by atoms with E-state index in [9.17, 15) is 4.79 Å². The molecule has 0 saturated heterocycles. The van der Waals surface area contributed by atoms with E-state index in [0.29, 0.717) is 4.48 Å². The second kappa shape index (κ2) is 7.63. The first-order valence-electron chi connectivity index (χ1n) is 4.60. The molecule has 0 aliphatic rings. The molecule has 0 saturated carbocycles. The van der Waals surface area contributed by atoms with Crippen molar-refractivity contribution in [3.8, 4) is 0 Å². The molecule has 0 aliphatic carbocycles. The Morgan fingerprint density at radius 1 is 1.50 bits per heavy atom. The van der Waals surface area contributed by atoms with E-state index in [2.05, 4.69) is 6.58 Å². The summed E-state index contributed by atoms with van der Waals surface area (Å²) in [7, 11) is 5.97. The Hall–Kier alpha value is -1.63. The highest BCUT2D eigenvalue weighted by atomic mass is 16.9. The fraction of sp³-hybridized carbons (Fsp3) is 0.667. The van der Waals surface area contributed by atoms with Crippen molar-refractivity contribution in [2.75, 3.05) is 21.1 Å². The number of nitrogens with zero attached hydrogens (tertiary/aromatic N) is 2. The fourth-order valence-corrected chi connectivity index (χ4v) is 0.971. The van der Waals surface area contributed by atoms with Crippen molar-refractivity contribution >= 4 is 5.97 Å². The highest BCUT2D eigenvalue weighted by Gasteiger charge is 2.24. The van der Waals surface area contributed by atoms with Crippen LogP contribution in [0.25, 0.3) is 0 Å². The summed E-state index contributed by atoms with van der Waals surface area (Å²) in [5, 5.41) is 14.8. The number of quaternary nitrogens is 1. The average Bonchev–Trinajstić information content (AvgIpc) is 2.10. The third kappa shape index (κ3) is 10.5. The minimum absolute atomic E-state index is 0.0875. The average molecular weight is 234 g/mol. The van der Waals surface area contributed by atoms with E-state index in [0.717, 1.165) is 6.42 Å². The van der Waals surface area contributed by atoms with Crippen LogP contribution in [0.2, 0.25) is 0 Å². The van der Waals surface area contributed by atoms with Gasteiger partial charge in [0.05, 0.1) is 26.2 Å². The number of ether oxygens (including phenoxy) is 1. The van der Waals surface area contributed by atoms with E-state index in [-0.39, 0.29) is 12.2 Å². The minimum Gasteiger partial charge on any atom is -0.409 e. The molecule has 0 aromatic heterocycles. The SMILES string of the molecule is C=CC(=O)OC(CC)[N+](C)(C)C.O=[N+]([O-])[O-]. The summed E-state index contributed by atoms with van der Waals surface area (Å²) in [6.07, 6.45) is 1.91. The molecule has 0 bridgehead atoms. The van der Waals surface area contributed by atoms with E-state index in [1.54, 1.807) is 0 Å². The van der Waals surface area contributed by atoms with Crippen LogP contribution >= 0.6 is 0 Å². The molecule has 0 fully saturated rings. The van der Waals surface area contributed by atoms with Gasteiger partial charge in [0.1, 0.15) is 0 Å². The number of hydrogen-bond donors (Lipinski definition) is 0. The van der Waals surface area contributed by atoms with Crippen LogP contribution in [0.1, 0.15) is 13.3 Å². The molecular weight excluding hydrogens is 216 g/mol. The summed E-state index contributed by atoms with van der Waals surface area (Å²) in [6.45, 7) is 5.34. The van der Waals surface area contributed by atoms with Crippen molar-refractivity contribution < 1.29 is 19.1 Å². The molecule has 0 spiro atoms. The van der Waals surface area contributed by atoms with Crippen LogP contribution in [0.4, 0.5) is 0 Å². The standard InChI is InChI=1S/C9H18NO2.NO3/c1-6-8(10(3,4)5)12-9(11)7-2;2-1(3)4/h7-8H,2,6H2,1,3-5H3;/q+1;-1. The first-order valence-corrected chi connectivity index (χ1v) is 4.60. The Balaban J connectivity index is 0. The van der Waals surface area contributed by atoms with Gasteiger partial charge in [-0.15, -0.1) is 0 Å². The van der Waals surface area contributed by atoms with Crippen LogP contribution in [0, 0.1) is 15.3 Å². The molecular formula is C9H18N2O5. The maximum absolute atomic E-state index is 10.9. The van der Waals surface area contributed by atoms with Crippen molar-refractivity contribution in [2.24, 2.45) is 0 Å². The largest absolute Gasteiger partial charge is 0.409 e.